The SMILES string of the molecule is CN1CCN(c2ccc(OSc3ccc(C#N)cc3)cc2)CC1. The molecular formula is C18H19N3OS. The van der Waals surface area contributed by atoms with Crippen LogP contribution in [-0.2, 0) is 0 Å². The van der Waals surface area contributed by atoms with Gasteiger partial charge in [-0.1, -0.05) is 0 Å². The minimum absolute atomic E-state index is 0.658. The molecule has 0 aromatic heterocycles. The van der Waals surface area contributed by atoms with Crippen LogP contribution in [0.25, 0.3) is 0 Å². The van der Waals surface area contributed by atoms with Crippen molar-refractivity contribution in [2.75, 3.05) is 38.1 Å². The second-order valence-corrected chi connectivity index (χ2v) is 6.39. The maximum atomic E-state index is 8.79. The van der Waals surface area contributed by atoms with E-state index in [1.165, 1.54) is 17.7 Å². The zero-order valence-corrected chi connectivity index (χ0v) is 13.9. The smallest absolute Gasteiger partial charge is 0.138 e. The van der Waals surface area contributed by atoms with Crippen LogP contribution in [0.15, 0.2) is 53.4 Å². The Hall–Kier alpha value is -2.16. The van der Waals surface area contributed by atoms with Gasteiger partial charge in [-0.3, -0.25) is 0 Å². The molecule has 2 aromatic rings. The molecule has 0 N–H and O–H groups in total. The van der Waals surface area contributed by atoms with Gasteiger partial charge in [0.05, 0.1) is 23.7 Å². The fourth-order valence-electron chi connectivity index (χ4n) is 2.46. The van der Waals surface area contributed by atoms with Gasteiger partial charge in [-0.05, 0) is 55.6 Å². The number of piperazine rings is 1. The number of rotatable bonds is 4. The number of nitriles is 1. The maximum absolute atomic E-state index is 8.79. The zero-order chi connectivity index (χ0) is 16.1. The molecule has 0 atom stereocenters. The predicted molar refractivity (Wildman–Crippen MR) is 93.8 cm³/mol. The van der Waals surface area contributed by atoms with Gasteiger partial charge in [-0.2, -0.15) is 5.26 Å². The lowest BCUT2D eigenvalue weighted by molar-refractivity contribution is 0.313. The highest BCUT2D eigenvalue weighted by molar-refractivity contribution is 7.95. The molecule has 0 amide bonds. The normalized spacial score (nSPS) is 15.2. The Morgan fingerprint density at radius 2 is 1.61 bits per heavy atom. The molecule has 1 fully saturated rings. The molecule has 1 heterocycles. The molecule has 0 saturated carbocycles. The summed E-state index contributed by atoms with van der Waals surface area (Å²) < 4.78 is 5.73. The monoisotopic (exact) mass is 325 g/mol. The Balaban J connectivity index is 1.56. The lowest BCUT2D eigenvalue weighted by atomic mass is 10.2. The number of nitrogens with zero attached hydrogens (tertiary/aromatic N) is 3. The second-order valence-electron chi connectivity index (χ2n) is 5.59. The molecule has 2 aromatic carbocycles. The summed E-state index contributed by atoms with van der Waals surface area (Å²) >= 11 is 1.30. The molecule has 23 heavy (non-hydrogen) atoms. The van der Waals surface area contributed by atoms with E-state index in [1.807, 2.05) is 24.3 Å². The molecule has 0 radical (unpaired) electrons. The summed E-state index contributed by atoms with van der Waals surface area (Å²) in [7, 11) is 2.16. The molecule has 4 nitrogen and oxygen atoms in total. The molecule has 118 valence electrons. The Kier molecular flexibility index (Phi) is 5.06. The largest absolute Gasteiger partial charge is 0.421 e. The van der Waals surface area contributed by atoms with Gasteiger partial charge in [0.25, 0.3) is 0 Å². The van der Waals surface area contributed by atoms with Crippen molar-refractivity contribution in [3.8, 4) is 11.8 Å². The van der Waals surface area contributed by atoms with E-state index >= 15 is 0 Å². The molecule has 0 bridgehead atoms. The lowest BCUT2D eigenvalue weighted by Crippen LogP contribution is -2.44. The Morgan fingerprint density at radius 1 is 0.957 bits per heavy atom. The van der Waals surface area contributed by atoms with E-state index < -0.39 is 0 Å². The van der Waals surface area contributed by atoms with Gasteiger partial charge in [0.2, 0.25) is 0 Å². The van der Waals surface area contributed by atoms with Gasteiger partial charge in [0.1, 0.15) is 5.75 Å². The molecule has 0 spiro atoms. The van der Waals surface area contributed by atoms with Crippen LogP contribution in [0.1, 0.15) is 5.56 Å². The van der Waals surface area contributed by atoms with Crippen molar-refractivity contribution in [3.05, 3.63) is 54.1 Å². The van der Waals surface area contributed by atoms with Crippen molar-refractivity contribution in [2.45, 2.75) is 4.90 Å². The van der Waals surface area contributed by atoms with E-state index in [-0.39, 0.29) is 0 Å². The average molecular weight is 325 g/mol. The van der Waals surface area contributed by atoms with Crippen LogP contribution in [0.2, 0.25) is 0 Å². The van der Waals surface area contributed by atoms with E-state index in [9.17, 15) is 0 Å². The van der Waals surface area contributed by atoms with Crippen LogP contribution in [0.3, 0.4) is 0 Å². The molecule has 0 unspecified atom stereocenters. The van der Waals surface area contributed by atoms with E-state index in [2.05, 4.69) is 35.0 Å². The first-order chi connectivity index (χ1) is 11.2. The molecule has 1 aliphatic rings. The maximum Gasteiger partial charge on any atom is 0.138 e. The molecular weight excluding hydrogens is 306 g/mol. The molecule has 1 aliphatic heterocycles. The van der Waals surface area contributed by atoms with E-state index in [0.29, 0.717) is 5.56 Å². The minimum atomic E-state index is 0.658. The average Bonchev–Trinajstić information content (AvgIpc) is 2.61. The van der Waals surface area contributed by atoms with Crippen molar-refractivity contribution >= 4 is 17.7 Å². The number of anilines is 1. The van der Waals surface area contributed by atoms with Crippen LogP contribution < -0.4 is 9.08 Å². The van der Waals surface area contributed by atoms with E-state index in [1.54, 1.807) is 12.1 Å². The topological polar surface area (TPSA) is 39.5 Å². The van der Waals surface area contributed by atoms with Gasteiger partial charge in [0, 0.05) is 36.8 Å². The van der Waals surface area contributed by atoms with E-state index in [4.69, 9.17) is 9.44 Å². The lowest BCUT2D eigenvalue weighted by Gasteiger charge is -2.34. The first kappa shape index (κ1) is 15.7. The van der Waals surface area contributed by atoms with Gasteiger partial charge in [0.15, 0.2) is 0 Å². The first-order valence-electron chi connectivity index (χ1n) is 7.63. The Morgan fingerprint density at radius 3 is 2.22 bits per heavy atom. The molecule has 1 saturated heterocycles. The summed E-state index contributed by atoms with van der Waals surface area (Å²) in [4.78, 5) is 5.73. The summed E-state index contributed by atoms with van der Waals surface area (Å²) in [5.41, 5.74) is 1.90. The number of likely N-dealkylation sites (N-methyl/N-ethyl adjacent to an activating group) is 1. The third-order valence-electron chi connectivity index (χ3n) is 3.92. The van der Waals surface area contributed by atoms with E-state index in [0.717, 1.165) is 36.8 Å². The third-order valence-corrected chi connectivity index (χ3v) is 4.66. The fourth-order valence-corrected chi connectivity index (χ4v) is 3.01. The van der Waals surface area contributed by atoms with Crippen LogP contribution in [0.4, 0.5) is 5.69 Å². The summed E-state index contributed by atoms with van der Waals surface area (Å²) in [6, 6.07) is 17.7. The third kappa shape index (κ3) is 4.19. The van der Waals surface area contributed by atoms with Crippen LogP contribution >= 0.6 is 12.0 Å². The number of benzene rings is 2. The summed E-state index contributed by atoms with van der Waals surface area (Å²) in [6.45, 7) is 4.34. The second kappa shape index (κ2) is 7.40. The van der Waals surface area contributed by atoms with Gasteiger partial charge in [-0.25, -0.2) is 0 Å². The van der Waals surface area contributed by atoms with Crippen LogP contribution in [0, 0.1) is 11.3 Å². The highest BCUT2D eigenvalue weighted by Crippen LogP contribution is 2.26. The fraction of sp³-hybridized carbons (Fsp3) is 0.278. The predicted octanol–water partition coefficient (Wildman–Crippen LogP) is 3.40. The number of hydrogen-bond acceptors (Lipinski definition) is 5. The van der Waals surface area contributed by atoms with Crippen molar-refractivity contribution in [1.29, 1.82) is 5.26 Å². The van der Waals surface area contributed by atoms with Crippen LogP contribution in [0.5, 0.6) is 5.75 Å². The Bertz CT molecular complexity index is 671. The highest BCUT2D eigenvalue weighted by Gasteiger charge is 2.14. The number of hydrogen-bond donors (Lipinski definition) is 0. The quantitative estimate of drug-likeness (QED) is 0.806. The van der Waals surface area contributed by atoms with Gasteiger partial charge in [-0.15, -0.1) is 0 Å². The zero-order valence-electron chi connectivity index (χ0n) is 13.1. The highest BCUT2D eigenvalue weighted by atomic mass is 32.2. The van der Waals surface area contributed by atoms with Crippen molar-refractivity contribution < 1.29 is 4.18 Å². The van der Waals surface area contributed by atoms with Crippen molar-refractivity contribution in [2.24, 2.45) is 0 Å². The summed E-state index contributed by atoms with van der Waals surface area (Å²) in [5.74, 6) is 0.831. The van der Waals surface area contributed by atoms with Crippen molar-refractivity contribution in [1.82, 2.24) is 4.90 Å². The van der Waals surface area contributed by atoms with Crippen LogP contribution in [-0.4, -0.2) is 38.1 Å². The minimum Gasteiger partial charge on any atom is -0.421 e. The van der Waals surface area contributed by atoms with Gasteiger partial charge >= 0.3 is 0 Å². The molecule has 3 rings (SSSR count). The summed E-state index contributed by atoms with van der Waals surface area (Å²) in [5, 5.41) is 8.79. The summed E-state index contributed by atoms with van der Waals surface area (Å²) in [6.07, 6.45) is 0. The standard InChI is InChI=1S/C18H19N3OS/c1-20-10-12-21(13-11-20)16-4-6-17(7-5-16)22-23-18-8-2-15(14-19)3-9-18/h2-9H,10-13H2,1H3. The van der Waals surface area contributed by atoms with Crippen molar-refractivity contribution in [3.63, 3.8) is 0 Å². The Labute approximate surface area is 141 Å². The molecule has 5 heteroatoms. The molecule has 0 aliphatic carbocycles. The van der Waals surface area contributed by atoms with Gasteiger partial charge < -0.3 is 14.0 Å². The first-order valence-corrected chi connectivity index (χ1v) is 8.37.